The molecule has 184 valence electrons. The van der Waals surface area contributed by atoms with E-state index in [1.165, 1.54) is 6.92 Å². The maximum atomic E-state index is 13.0. The van der Waals surface area contributed by atoms with Gasteiger partial charge in [-0.2, -0.15) is 0 Å². The molecule has 0 saturated carbocycles. The molecule has 0 aliphatic heterocycles. The highest BCUT2D eigenvalue weighted by Gasteiger charge is 2.16. The molecule has 0 unspecified atom stereocenters. The van der Waals surface area contributed by atoms with Crippen LogP contribution in [0.25, 0.3) is 11.0 Å². The molecule has 8 nitrogen and oxygen atoms in total. The van der Waals surface area contributed by atoms with E-state index in [9.17, 15) is 14.4 Å². The van der Waals surface area contributed by atoms with Gasteiger partial charge in [-0.05, 0) is 76.2 Å². The highest BCUT2D eigenvalue weighted by atomic mass is 16.5. The van der Waals surface area contributed by atoms with E-state index in [0.29, 0.717) is 58.7 Å². The third-order valence-corrected chi connectivity index (χ3v) is 5.27. The molecule has 0 fully saturated rings. The van der Waals surface area contributed by atoms with Crippen molar-refractivity contribution < 1.29 is 23.5 Å². The molecule has 0 saturated heterocycles. The number of carbonyl (C=O) groups excluding carboxylic acids is 2. The molecule has 1 heterocycles. The van der Waals surface area contributed by atoms with E-state index < -0.39 is 17.5 Å². The number of rotatable bonds is 9. The van der Waals surface area contributed by atoms with Gasteiger partial charge in [0.25, 0.3) is 5.91 Å². The summed E-state index contributed by atoms with van der Waals surface area (Å²) in [4.78, 5) is 37.0. The van der Waals surface area contributed by atoms with E-state index in [-0.39, 0.29) is 5.69 Å². The Morgan fingerprint density at radius 1 is 1.06 bits per heavy atom. The van der Waals surface area contributed by atoms with Crippen LogP contribution in [0.3, 0.4) is 0 Å². The van der Waals surface area contributed by atoms with Crippen LogP contribution in [0.4, 0.5) is 5.69 Å². The normalized spacial score (nSPS) is 10.7. The average molecular weight is 479 g/mol. The van der Waals surface area contributed by atoms with Gasteiger partial charge in [0.15, 0.2) is 0 Å². The van der Waals surface area contributed by atoms with Gasteiger partial charge in [-0.3, -0.25) is 9.59 Å². The number of nitrogens with one attached hydrogen (secondary N) is 2. The smallest absolute Gasteiger partial charge is 0.360 e. The summed E-state index contributed by atoms with van der Waals surface area (Å²) in [5.41, 5.74) is 2.57. The second kappa shape index (κ2) is 11.5. The molecule has 0 aliphatic rings. The summed E-state index contributed by atoms with van der Waals surface area (Å²) < 4.78 is 16.5. The van der Waals surface area contributed by atoms with Crippen LogP contribution in [-0.2, 0) is 11.2 Å². The number of likely N-dealkylation sites (N-methyl/N-ethyl adjacent to an activating group) is 1. The third-order valence-electron chi connectivity index (χ3n) is 5.27. The Bertz CT molecular complexity index is 1340. The Morgan fingerprint density at radius 3 is 2.49 bits per heavy atom. The first-order chi connectivity index (χ1) is 16.7. The van der Waals surface area contributed by atoms with E-state index in [1.54, 1.807) is 30.3 Å². The summed E-state index contributed by atoms with van der Waals surface area (Å²) in [5, 5.41) is 6.31. The highest BCUT2D eigenvalue weighted by Crippen LogP contribution is 2.28. The molecule has 0 atom stereocenters. The molecule has 2 aromatic carbocycles. The fraction of sp³-hybridized carbons (Fsp3) is 0.296. The van der Waals surface area contributed by atoms with Gasteiger partial charge in [0.1, 0.15) is 29.4 Å². The number of aryl methyl sites for hydroxylation is 1. The lowest BCUT2D eigenvalue weighted by molar-refractivity contribution is -0.131. The van der Waals surface area contributed by atoms with Gasteiger partial charge < -0.3 is 24.5 Å². The number of allylic oxidation sites excluding steroid dienone is 2. The minimum atomic E-state index is -0.664. The minimum Gasteiger partial charge on any atom is -0.492 e. The van der Waals surface area contributed by atoms with Crippen LogP contribution >= 0.6 is 0 Å². The molecule has 1 aromatic heterocycles. The average Bonchev–Trinajstić information content (AvgIpc) is 2.80. The SMILES string of the molecule is CNCCOc1ccc2cc(NC(=O)c3ccc(OC(C)=O)c(CC=C(C)C)c3)c(=O)oc2c1C. The van der Waals surface area contributed by atoms with Crippen molar-refractivity contribution in [3.8, 4) is 11.5 Å². The van der Waals surface area contributed by atoms with Crippen molar-refractivity contribution in [1.29, 1.82) is 0 Å². The molecule has 0 bridgehead atoms. The van der Waals surface area contributed by atoms with Crippen LogP contribution in [0.15, 0.2) is 57.3 Å². The van der Waals surface area contributed by atoms with Crippen LogP contribution in [0.2, 0.25) is 0 Å². The van der Waals surface area contributed by atoms with Crippen molar-refractivity contribution in [2.75, 3.05) is 25.5 Å². The van der Waals surface area contributed by atoms with Crippen LogP contribution in [0, 0.1) is 6.92 Å². The second-order valence-corrected chi connectivity index (χ2v) is 8.36. The molecule has 0 spiro atoms. The van der Waals surface area contributed by atoms with Gasteiger partial charge in [0, 0.05) is 30.0 Å². The fourth-order valence-electron chi connectivity index (χ4n) is 3.46. The van der Waals surface area contributed by atoms with Gasteiger partial charge in [0.05, 0.1) is 0 Å². The zero-order valence-electron chi connectivity index (χ0n) is 20.6. The van der Waals surface area contributed by atoms with Crippen molar-refractivity contribution in [3.63, 3.8) is 0 Å². The molecule has 0 aliphatic carbocycles. The van der Waals surface area contributed by atoms with Gasteiger partial charge >= 0.3 is 11.6 Å². The molecule has 35 heavy (non-hydrogen) atoms. The maximum absolute atomic E-state index is 13.0. The summed E-state index contributed by atoms with van der Waals surface area (Å²) in [5.74, 6) is 0.0953. The second-order valence-electron chi connectivity index (χ2n) is 8.36. The Labute approximate surface area is 203 Å². The number of fused-ring (bicyclic) bond motifs is 1. The van der Waals surface area contributed by atoms with Crippen molar-refractivity contribution in [3.05, 3.63) is 75.2 Å². The first-order valence-corrected chi connectivity index (χ1v) is 11.3. The molecule has 8 heteroatoms. The first kappa shape index (κ1) is 25.7. The maximum Gasteiger partial charge on any atom is 0.360 e. The van der Waals surface area contributed by atoms with Crippen molar-refractivity contribution in [1.82, 2.24) is 5.32 Å². The number of esters is 1. The molecule has 0 radical (unpaired) electrons. The summed E-state index contributed by atoms with van der Waals surface area (Å²) in [6, 6.07) is 9.94. The molecular formula is C27H30N2O6. The lowest BCUT2D eigenvalue weighted by atomic mass is 10.0. The van der Waals surface area contributed by atoms with E-state index in [0.717, 1.165) is 5.57 Å². The number of carbonyl (C=O) groups is 2. The monoisotopic (exact) mass is 478 g/mol. The summed E-state index contributed by atoms with van der Waals surface area (Å²) >= 11 is 0. The highest BCUT2D eigenvalue weighted by molar-refractivity contribution is 6.05. The standard InChI is InChI=1S/C27H30N2O6/c1-16(2)6-7-19-14-21(9-11-24(19)34-18(4)30)26(31)29-22-15-20-8-10-23(33-13-12-28-5)17(3)25(20)35-27(22)32/h6,8-11,14-15,28H,7,12-13H2,1-5H3,(H,29,31). The molecular weight excluding hydrogens is 448 g/mol. The van der Waals surface area contributed by atoms with E-state index >= 15 is 0 Å². The number of anilines is 1. The number of ether oxygens (including phenoxy) is 2. The Kier molecular flexibility index (Phi) is 8.43. The Morgan fingerprint density at radius 2 is 1.80 bits per heavy atom. The third kappa shape index (κ3) is 6.58. The predicted octanol–water partition coefficient (Wildman–Crippen LogP) is 4.39. The molecule has 2 N–H and O–H groups in total. The lowest BCUT2D eigenvalue weighted by Crippen LogP contribution is -2.18. The quantitative estimate of drug-likeness (QED) is 0.154. The zero-order valence-corrected chi connectivity index (χ0v) is 20.6. The predicted molar refractivity (Wildman–Crippen MR) is 135 cm³/mol. The van der Waals surface area contributed by atoms with Gasteiger partial charge in [0.2, 0.25) is 0 Å². The zero-order chi connectivity index (χ0) is 25.5. The van der Waals surface area contributed by atoms with Crippen LogP contribution in [0.1, 0.15) is 42.3 Å². The van der Waals surface area contributed by atoms with Gasteiger partial charge in [-0.1, -0.05) is 11.6 Å². The summed E-state index contributed by atoms with van der Waals surface area (Å²) in [7, 11) is 1.84. The topological polar surface area (TPSA) is 107 Å². The van der Waals surface area contributed by atoms with Gasteiger partial charge in [-0.15, -0.1) is 0 Å². The van der Waals surface area contributed by atoms with Crippen molar-refractivity contribution in [2.24, 2.45) is 0 Å². The number of benzene rings is 2. The Balaban J connectivity index is 1.88. The van der Waals surface area contributed by atoms with Crippen LogP contribution in [0.5, 0.6) is 11.5 Å². The van der Waals surface area contributed by atoms with Crippen molar-refractivity contribution in [2.45, 2.75) is 34.1 Å². The van der Waals surface area contributed by atoms with Gasteiger partial charge in [-0.25, -0.2) is 4.79 Å². The van der Waals surface area contributed by atoms with Crippen LogP contribution < -0.4 is 25.7 Å². The number of hydrogen-bond donors (Lipinski definition) is 2. The largest absolute Gasteiger partial charge is 0.492 e. The number of hydrogen-bond acceptors (Lipinski definition) is 7. The fourth-order valence-corrected chi connectivity index (χ4v) is 3.46. The summed E-state index contributed by atoms with van der Waals surface area (Å²) in [6.45, 7) is 8.22. The number of amides is 1. The van der Waals surface area contributed by atoms with E-state index in [1.807, 2.05) is 40.0 Å². The first-order valence-electron chi connectivity index (χ1n) is 11.3. The lowest BCUT2D eigenvalue weighted by Gasteiger charge is -2.12. The van der Waals surface area contributed by atoms with Crippen molar-refractivity contribution >= 4 is 28.5 Å². The minimum absolute atomic E-state index is 0.0284. The Hall–Kier alpha value is -3.91. The molecule has 3 aromatic rings. The molecule has 1 amide bonds. The van der Waals surface area contributed by atoms with Crippen LogP contribution in [-0.4, -0.2) is 32.1 Å². The van der Waals surface area contributed by atoms with E-state index in [2.05, 4.69) is 10.6 Å². The molecule has 3 rings (SSSR count). The van der Waals surface area contributed by atoms with E-state index in [4.69, 9.17) is 13.9 Å². The summed E-state index contributed by atoms with van der Waals surface area (Å²) in [6.07, 6.45) is 2.46.